The topological polar surface area (TPSA) is 42.0 Å². The van der Waals surface area contributed by atoms with Crippen molar-refractivity contribution in [2.75, 3.05) is 19.8 Å². The summed E-state index contributed by atoms with van der Waals surface area (Å²) in [5, 5.41) is 9.40. The van der Waals surface area contributed by atoms with Gasteiger partial charge in [-0.1, -0.05) is 26.0 Å². The SMILES string of the molecule is Cc1ccc([C@]2(CO)CO2)c(OCC(C)C)c1. The van der Waals surface area contributed by atoms with Crippen LogP contribution in [0.4, 0.5) is 0 Å². The molecule has 1 saturated heterocycles. The number of aryl methyl sites for hydroxylation is 1. The van der Waals surface area contributed by atoms with Gasteiger partial charge in [0.15, 0.2) is 0 Å². The fourth-order valence-electron chi connectivity index (χ4n) is 1.80. The fraction of sp³-hybridized carbons (Fsp3) is 0.571. The number of aliphatic hydroxyl groups is 1. The lowest BCUT2D eigenvalue weighted by atomic mass is 9.98. The molecule has 0 aliphatic carbocycles. The predicted octanol–water partition coefficient (Wildman–Crippen LogP) is 2.25. The summed E-state index contributed by atoms with van der Waals surface area (Å²) in [5.74, 6) is 1.32. The average molecular weight is 236 g/mol. The minimum Gasteiger partial charge on any atom is -0.493 e. The molecule has 1 heterocycles. The van der Waals surface area contributed by atoms with Gasteiger partial charge in [0.2, 0.25) is 0 Å². The van der Waals surface area contributed by atoms with Crippen molar-refractivity contribution in [3.05, 3.63) is 29.3 Å². The van der Waals surface area contributed by atoms with Gasteiger partial charge < -0.3 is 14.6 Å². The summed E-state index contributed by atoms with van der Waals surface area (Å²) in [4.78, 5) is 0. The first-order valence-corrected chi connectivity index (χ1v) is 6.06. The lowest BCUT2D eigenvalue weighted by Crippen LogP contribution is -2.17. The maximum atomic E-state index is 9.40. The quantitative estimate of drug-likeness (QED) is 0.797. The highest BCUT2D eigenvalue weighted by atomic mass is 16.6. The second-order valence-electron chi connectivity index (χ2n) is 5.15. The summed E-state index contributed by atoms with van der Waals surface area (Å²) < 4.78 is 11.2. The molecule has 0 spiro atoms. The maximum Gasteiger partial charge on any atom is 0.143 e. The molecule has 2 rings (SSSR count). The monoisotopic (exact) mass is 236 g/mol. The number of epoxide rings is 1. The van der Waals surface area contributed by atoms with E-state index in [1.54, 1.807) is 0 Å². The second kappa shape index (κ2) is 4.67. The summed E-state index contributed by atoms with van der Waals surface area (Å²) in [6.45, 7) is 7.53. The standard InChI is InChI=1S/C14H20O3/c1-10(2)7-16-13-6-11(3)4-5-12(13)14(8-15)9-17-14/h4-6,10,15H,7-9H2,1-3H3/t14-/m0/s1. The Labute approximate surface area is 102 Å². The van der Waals surface area contributed by atoms with Crippen molar-refractivity contribution in [2.45, 2.75) is 26.4 Å². The molecule has 0 bridgehead atoms. The Kier molecular flexibility index (Phi) is 3.40. The molecular weight excluding hydrogens is 216 g/mol. The van der Waals surface area contributed by atoms with E-state index in [2.05, 4.69) is 13.8 Å². The molecule has 0 radical (unpaired) electrons. The van der Waals surface area contributed by atoms with Crippen LogP contribution >= 0.6 is 0 Å². The number of hydrogen-bond donors (Lipinski definition) is 1. The van der Waals surface area contributed by atoms with Gasteiger partial charge in [-0.25, -0.2) is 0 Å². The predicted molar refractivity (Wildman–Crippen MR) is 66.2 cm³/mol. The van der Waals surface area contributed by atoms with E-state index in [-0.39, 0.29) is 6.61 Å². The highest BCUT2D eigenvalue weighted by Crippen LogP contribution is 2.43. The Bertz CT molecular complexity index is 394. The van der Waals surface area contributed by atoms with Gasteiger partial charge in [-0.15, -0.1) is 0 Å². The lowest BCUT2D eigenvalue weighted by Gasteiger charge is -2.17. The Morgan fingerprint density at radius 1 is 1.47 bits per heavy atom. The molecule has 1 N–H and O–H groups in total. The van der Waals surface area contributed by atoms with E-state index in [1.165, 1.54) is 0 Å². The van der Waals surface area contributed by atoms with Crippen LogP contribution in [0.2, 0.25) is 0 Å². The summed E-state index contributed by atoms with van der Waals surface area (Å²) in [6.07, 6.45) is 0. The smallest absolute Gasteiger partial charge is 0.143 e. The highest BCUT2D eigenvalue weighted by molar-refractivity contribution is 5.43. The van der Waals surface area contributed by atoms with E-state index < -0.39 is 5.60 Å². The van der Waals surface area contributed by atoms with E-state index in [4.69, 9.17) is 9.47 Å². The van der Waals surface area contributed by atoms with Crippen LogP contribution in [0.3, 0.4) is 0 Å². The lowest BCUT2D eigenvalue weighted by molar-refractivity contribution is 0.166. The van der Waals surface area contributed by atoms with Crippen LogP contribution < -0.4 is 4.74 Å². The number of ether oxygens (including phenoxy) is 2. The van der Waals surface area contributed by atoms with Crippen molar-refractivity contribution < 1.29 is 14.6 Å². The van der Waals surface area contributed by atoms with Gasteiger partial charge in [-0.05, 0) is 24.5 Å². The second-order valence-corrected chi connectivity index (χ2v) is 5.15. The van der Waals surface area contributed by atoms with Gasteiger partial charge in [0.1, 0.15) is 11.4 Å². The molecule has 0 unspecified atom stereocenters. The number of aliphatic hydroxyl groups excluding tert-OH is 1. The molecule has 1 aliphatic rings. The van der Waals surface area contributed by atoms with Crippen molar-refractivity contribution >= 4 is 0 Å². The zero-order valence-electron chi connectivity index (χ0n) is 10.7. The van der Waals surface area contributed by atoms with E-state index in [0.717, 1.165) is 16.9 Å². The molecule has 94 valence electrons. The van der Waals surface area contributed by atoms with E-state index in [0.29, 0.717) is 19.1 Å². The Morgan fingerprint density at radius 2 is 2.18 bits per heavy atom. The normalized spacial score (nSPS) is 22.9. The van der Waals surface area contributed by atoms with Crippen molar-refractivity contribution in [1.29, 1.82) is 0 Å². The largest absolute Gasteiger partial charge is 0.493 e. The van der Waals surface area contributed by atoms with Gasteiger partial charge in [0, 0.05) is 5.56 Å². The zero-order chi connectivity index (χ0) is 12.5. The Morgan fingerprint density at radius 3 is 2.71 bits per heavy atom. The zero-order valence-corrected chi connectivity index (χ0v) is 10.7. The molecule has 0 amide bonds. The third-order valence-corrected chi connectivity index (χ3v) is 2.95. The molecular formula is C14H20O3. The van der Waals surface area contributed by atoms with Crippen LogP contribution in [0.15, 0.2) is 18.2 Å². The minimum atomic E-state index is -0.514. The molecule has 17 heavy (non-hydrogen) atoms. The first kappa shape index (κ1) is 12.4. The third-order valence-electron chi connectivity index (χ3n) is 2.95. The summed E-state index contributed by atoms with van der Waals surface area (Å²) >= 11 is 0. The van der Waals surface area contributed by atoms with Gasteiger partial charge in [-0.3, -0.25) is 0 Å². The van der Waals surface area contributed by atoms with Gasteiger partial charge >= 0.3 is 0 Å². The molecule has 1 aliphatic heterocycles. The molecule has 1 atom stereocenters. The van der Waals surface area contributed by atoms with Crippen molar-refractivity contribution in [2.24, 2.45) is 5.92 Å². The van der Waals surface area contributed by atoms with E-state index in [1.807, 2.05) is 25.1 Å². The minimum absolute atomic E-state index is 0.00804. The number of rotatable bonds is 5. The van der Waals surface area contributed by atoms with E-state index in [9.17, 15) is 5.11 Å². The van der Waals surface area contributed by atoms with Crippen molar-refractivity contribution in [3.8, 4) is 5.75 Å². The van der Waals surface area contributed by atoms with Crippen LogP contribution in [0.25, 0.3) is 0 Å². The Balaban J connectivity index is 2.25. The van der Waals surface area contributed by atoms with Crippen molar-refractivity contribution in [3.63, 3.8) is 0 Å². The van der Waals surface area contributed by atoms with Crippen LogP contribution in [0.5, 0.6) is 5.75 Å². The van der Waals surface area contributed by atoms with Crippen LogP contribution in [-0.2, 0) is 10.3 Å². The molecule has 0 aromatic heterocycles. The van der Waals surface area contributed by atoms with Gasteiger partial charge in [-0.2, -0.15) is 0 Å². The summed E-state index contributed by atoms with van der Waals surface area (Å²) in [7, 11) is 0. The summed E-state index contributed by atoms with van der Waals surface area (Å²) in [5.41, 5.74) is 1.60. The van der Waals surface area contributed by atoms with Crippen molar-refractivity contribution in [1.82, 2.24) is 0 Å². The maximum absolute atomic E-state index is 9.40. The van der Waals surface area contributed by atoms with Gasteiger partial charge in [0.25, 0.3) is 0 Å². The van der Waals surface area contributed by atoms with Crippen LogP contribution in [-0.4, -0.2) is 24.9 Å². The molecule has 1 aromatic rings. The van der Waals surface area contributed by atoms with Crippen LogP contribution in [0, 0.1) is 12.8 Å². The third kappa shape index (κ3) is 2.61. The van der Waals surface area contributed by atoms with E-state index >= 15 is 0 Å². The highest BCUT2D eigenvalue weighted by Gasteiger charge is 2.48. The molecule has 1 fully saturated rings. The molecule has 1 aromatic carbocycles. The number of hydrogen-bond acceptors (Lipinski definition) is 3. The first-order chi connectivity index (χ1) is 8.07. The van der Waals surface area contributed by atoms with Crippen LogP contribution in [0.1, 0.15) is 25.0 Å². The van der Waals surface area contributed by atoms with Gasteiger partial charge in [0.05, 0.1) is 19.8 Å². The molecule has 3 heteroatoms. The molecule has 3 nitrogen and oxygen atoms in total. The molecule has 0 saturated carbocycles. The Hall–Kier alpha value is -1.06. The average Bonchev–Trinajstić information content (AvgIpc) is 3.07. The summed E-state index contributed by atoms with van der Waals surface area (Å²) in [6, 6.07) is 6.03. The number of benzene rings is 1. The first-order valence-electron chi connectivity index (χ1n) is 6.06. The fourth-order valence-corrected chi connectivity index (χ4v) is 1.80.